The number of aromatic nitrogens is 1. The van der Waals surface area contributed by atoms with Crippen LogP contribution in [0.5, 0.6) is 0 Å². The van der Waals surface area contributed by atoms with Gasteiger partial charge >= 0.3 is 5.97 Å². The van der Waals surface area contributed by atoms with Gasteiger partial charge in [0.1, 0.15) is 0 Å². The maximum absolute atomic E-state index is 12.6. The van der Waals surface area contributed by atoms with Crippen LogP contribution in [0.1, 0.15) is 27.7 Å². The smallest absolute Gasteiger partial charge is 0.340 e. The van der Waals surface area contributed by atoms with E-state index in [-0.39, 0.29) is 16.3 Å². The third kappa shape index (κ3) is 3.87. The summed E-state index contributed by atoms with van der Waals surface area (Å²) in [5, 5.41) is 10.8. The highest BCUT2D eigenvalue weighted by molar-refractivity contribution is 6.33. The maximum atomic E-state index is 12.6. The van der Waals surface area contributed by atoms with Crippen LogP contribution in [0.2, 0.25) is 5.02 Å². The molecular weight excluding hydrogens is 356 g/mol. The molecule has 0 radical (unpaired) electrons. The van der Waals surface area contributed by atoms with Gasteiger partial charge in [-0.3, -0.25) is 15.1 Å². The van der Waals surface area contributed by atoms with E-state index in [1.54, 1.807) is 24.4 Å². The fourth-order valence-corrected chi connectivity index (χ4v) is 2.66. The molecule has 0 aliphatic carbocycles. The molecule has 6 nitrogen and oxygen atoms in total. The molecule has 0 aliphatic heterocycles. The van der Waals surface area contributed by atoms with E-state index in [2.05, 4.69) is 4.98 Å². The van der Waals surface area contributed by atoms with Crippen molar-refractivity contribution in [1.82, 2.24) is 4.98 Å². The number of benzene rings is 2. The summed E-state index contributed by atoms with van der Waals surface area (Å²) in [5.74, 6) is -0.690. The monoisotopic (exact) mass is 368 g/mol. The molecule has 0 amide bonds. The summed E-state index contributed by atoms with van der Waals surface area (Å²) < 4.78 is 5.63. The zero-order valence-corrected chi connectivity index (χ0v) is 14.2. The lowest BCUT2D eigenvalue weighted by Gasteiger charge is -2.18. The molecule has 0 fully saturated rings. The Hall–Kier alpha value is -3.25. The highest BCUT2D eigenvalue weighted by Crippen LogP contribution is 2.28. The summed E-state index contributed by atoms with van der Waals surface area (Å²) in [6.07, 6.45) is 0.883. The van der Waals surface area contributed by atoms with Crippen molar-refractivity contribution in [2.75, 3.05) is 0 Å². The molecule has 0 saturated carbocycles. The number of carbonyl (C=O) groups is 1. The quantitative estimate of drug-likeness (QED) is 0.373. The molecule has 0 N–H and O–H groups in total. The zero-order chi connectivity index (χ0) is 18.5. The van der Waals surface area contributed by atoms with Gasteiger partial charge in [0.25, 0.3) is 5.69 Å². The van der Waals surface area contributed by atoms with Crippen molar-refractivity contribution >= 4 is 23.3 Å². The lowest BCUT2D eigenvalue weighted by molar-refractivity contribution is -0.384. The summed E-state index contributed by atoms with van der Waals surface area (Å²) in [7, 11) is 0. The molecule has 26 heavy (non-hydrogen) atoms. The normalized spacial score (nSPS) is 11.6. The minimum Gasteiger partial charge on any atom is -0.447 e. The van der Waals surface area contributed by atoms with Crippen molar-refractivity contribution in [1.29, 1.82) is 0 Å². The molecule has 1 atom stereocenters. The van der Waals surface area contributed by atoms with Gasteiger partial charge in [-0.1, -0.05) is 48.0 Å². The van der Waals surface area contributed by atoms with Gasteiger partial charge in [-0.25, -0.2) is 4.79 Å². The second-order valence-corrected chi connectivity index (χ2v) is 5.78. The number of halogens is 1. The number of rotatable bonds is 5. The number of non-ortho nitro benzene ring substituents is 1. The molecule has 1 unspecified atom stereocenters. The first-order valence-electron chi connectivity index (χ1n) is 7.67. The van der Waals surface area contributed by atoms with Gasteiger partial charge in [-0.2, -0.15) is 0 Å². The van der Waals surface area contributed by atoms with Crippen LogP contribution in [0, 0.1) is 10.1 Å². The van der Waals surface area contributed by atoms with E-state index in [1.165, 1.54) is 12.1 Å². The van der Waals surface area contributed by atoms with Crippen molar-refractivity contribution in [2.24, 2.45) is 0 Å². The lowest BCUT2D eigenvalue weighted by Crippen LogP contribution is -2.14. The SMILES string of the molecule is O=C(OC(c1ccccc1)c1ccccn1)c1ccc([N+](=O)[O-])cc1Cl. The van der Waals surface area contributed by atoms with Gasteiger partial charge in [0.2, 0.25) is 0 Å². The largest absolute Gasteiger partial charge is 0.447 e. The molecule has 1 aromatic heterocycles. The van der Waals surface area contributed by atoms with Crippen LogP contribution >= 0.6 is 11.6 Å². The van der Waals surface area contributed by atoms with Gasteiger partial charge in [-0.15, -0.1) is 0 Å². The van der Waals surface area contributed by atoms with E-state index in [1.807, 2.05) is 30.3 Å². The molecule has 0 aliphatic rings. The molecule has 1 heterocycles. The molecule has 0 spiro atoms. The number of pyridine rings is 1. The summed E-state index contributed by atoms with van der Waals surface area (Å²) in [6.45, 7) is 0. The van der Waals surface area contributed by atoms with Crippen molar-refractivity contribution in [3.63, 3.8) is 0 Å². The van der Waals surface area contributed by atoms with Crippen LogP contribution in [0.3, 0.4) is 0 Å². The van der Waals surface area contributed by atoms with Crippen LogP contribution < -0.4 is 0 Å². The number of hydrogen-bond acceptors (Lipinski definition) is 5. The number of ether oxygens (including phenoxy) is 1. The topological polar surface area (TPSA) is 82.3 Å². The average molecular weight is 369 g/mol. The second-order valence-electron chi connectivity index (χ2n) is 5.37. The van der Waals surface area contributed by atoms with Crippen molar-refractivity contribution in [3.05, 3.63) is 105 Å². The van der Waals surface area contributed by atoms with Crippen molar-refractivity contribution < 1.29 is 14.5 Å². The van der Waals surface area contributed by atoms with Crippen LogP contribution in [-0.4, -0.2) is 15.9 Å². The summed E-state index contributed by atoms with van der Waals surface area (Å²) in [4.78, 5) is 27.1. The van der Waals surface area contributed by atoms with Crippen LogP contribution in [-0.2, 0) is 4.74 Å². The van der Waals surface area contributed by atoms with E-state index in [4.69, 9.17) is 16.3 Å². The fraction of sp³-hybridized carbons (Fsp3) is 0.0526. The average Bonchev–Trinajstić information content (AvgIpc) is 2.67. The summed E-state index contributed by atoms with van der Waals surface area (Å²) in [6, 6.07) is 18.1. The van der Waals surface area contributed by atoms with E-state index in [0.29, 0.717) is 5.69 Å². The first-order valence-corrected chi connectivity index (χ1v) is 8.05. The Kier molecular flexibility index (Phi) is 5.24. The highest BCUT2D eigenvalue weighted by atomic mass is 35.5. The van der Waals surface area contributed by atoms with Gasteiger partial charge in [-0.05, 0) is 23.8 Å². The Morgan fingerprint density at radius 2 is 1.81 bits per heavy atom. The molecule has 3 aromatic rings. The highest BCUT2D eigenvalue weighted by Gasteiger charge is 2.23. The van der Waals surface area contributed by atoms with E-state index >= 15 is 0 Å². The number of nitro groups is 1. The molecule has 7 heteroatoms. The number of nitro benzene ring substituents is 1. The van der Waals surface area contributed by atoms with E-state index < -0.39 is 17.0 Å². The van der Waals surface area contributed by atoms with E-state index in [9.17, 15) is 14.9 Å². The predicted molar refractivity (Wildman–Crippen MR) is 96.0 cm³/mol. The Morgan fingerprint density at radius 3 is 2.42 bits per heavy atom. The minimum atomic E-state index is -0.726. The number of hydrogen-bond donors (Lipinski definition) is 0. The fourth-order valence-electron chi connectivity index (χ4n) is 2.41. The molecule has 0 saturated heterocycles. The molecular formula is C19H13ClN2O4. The summed E-state index contributed by atoms with van der Waals surface area (Å²) >= 11 is 6.02. The number of esters is 1. The Bertz CT molecular complexity index is 893. The second kappa shape index (κ2) is 7.76. The minimum absolute atomic E-state index is 0.0444. The third-order valence-electron chi connectivity index (χ3n) is 3.67. The maximum Gasteiger partial charge on any atom is 0.340 e. The van der Waals surface area contributed by atoms with Gasteiger partial charge < -0.3 is 4.74 Å². The number of nitrogens with zero attached hydrogens (tertiary/aromatic N) is 2. The standard InChI is InChI=1S/C19H13ClN2O4/c20-16-12-14(22(24)25)9-10-15(16)19(23)26-18(13-6-2-1-3-7-13)17-8-4-5-11-21-17/h1-12,18H. The Labute approximate surface area is 154 Å². The molecule has 0 bridgehead atoms. The van der Waals surface area contributed by atoms with Gasteiger partial charge in [0.05, 0.1) is 21.2 Å². The zero-order valence-electron chi connectivity index (χ0n) is 13.4. The van der Waals surface area contributed by atoms with Crippen molar-refractivity contribution in [2.45, 2.75) is 6.10 Å². The van der Waals surface area contributed by atoms with Gasteiger partial charge in [0, 0.05) is 18.3 Å². The number of carbonyl (C=O) groups excluding carboxylic acids is 1. The lowest BCUT2D eigenvalue weighted by atomic mass is 10.1. The van der Waals surface area contributed by atoms with Crippen LogP contribution in [0.25, 0.3) is 0 Å². The molecule has 3 rings (SSSR count). The first-order chi connectivity index (χ1) is 12.6. The van der Waals surface area contributed by atoms with Crippen LogP contribution in [0.4, 0.5) is 5.69 Å². The van der Waals surface area contributed by atoms with Gasteiger partial charge in [0.15, 0.2) is 6.10 Å². The first kappa shape index (κ1) is 17.6. The third-order valence-corrected chi connectivity index (χ3v) is 3.98. The molecule has 2 aromatic carbocycles. The molecule has 130 valence electrons. The Morgan fingerprint density at radius 1 is 1.08 bits per heavy atom. The van der Waals surface area contributed by atoms with E-state index in [0.717, 1.165) is 11.6 Å². The van der Waals surface area contributed by atoms with Crippen LogP contribution in [0.15, 0.2) is 72.9 Å². The Balaban J connectivity index is 1.92. The van der Waals surface area contributed by atoms with Crippen molar-refractivity contribution in [3.8, 4) is 0 Å². The summed E-state index contributed by atoms with van der Waals surface area (Å²) in [5.41, 5.74) is 1.16. The predicted octanol–water partition coefficient (Wildman–Crippen LogP) is 4.59.